The summed E-state index contributed by atoms with van der Waals surface area (Å²) in [5.41, 5.74) is 6.59. The minimum Gasteiger partial charge on any atom is -0.494 e. The molecule has 0 bridgehead atoms. The molecule has 0 amide bonds. The molecule has 0 spiro atoms. The Morgan fingerprint density at radius 1 is 1.57 bits per heavy atom. The Hall–Kier alpha value is -1.16. The Bertz CT molecular complexity index is 376. The summed E-state index contributed by atoms with van der Waals surface area (Å²) in [7, 11) is 0. The normalized spacial score (nSPS) is 14.5. The summed E-state index contributed by atoms with van der Waals surface area (Å²) in [4.78, 5) is 5.41. The molecule has 2 rings (SSSR count). The number of rotatable bonds is 2. The maximum atomic E-state index is 5.64. The van der Waals surface area contributed by atoms with Crippen LogP contribution in [-0.2, 0) is 0 Å². The van der Waals surface area contributed by atoms with Gasteiger partial charge in [0.1, 0.15) is 11.6 Å². The van der Waals surface area contributed by atoms with Crippen LogP contribution < -0.4 is 10.5 Å². The van der Waals surface area contributed by atoms with E-state index in [4.69, 9.17) is 10.5 Å². The van der Waals surface area contributed by atoms with Gasteiger partial charge in [-0.1, -0.05) is 0 Å². The van der Waals surface area contributed by atoms with Gasteiger partial charge in [0, 0.05) is 4.90 Å². The SMILES string of the molecule is CCOc1ccc2c(c1)SCC(N)=N2. The lowest BCUT2D eigenvalue weighted by Crippen LogP contribution is -2.16. The van der Waals surface area contributed by atoms with Gasteiger partial charge in [-0.25, -0.2) is 4.99 Å². The van der Waals surface area contributed by atoms with Crippen LogP contribution in [0.2, 0.25) is 0 Å². The maximum Gasteiger partial charge on any atom is 0.120 e. The molecule has 14 heavy (non-hydrogen) atoms. The fourth-order valence-electron chi connectivity index (χ4n) is 1.30. The minimum absolute atomic E-state index is 0.687. The molecule has 0 atom stereocenters. The Morgan fingerprint density at radius 2 is 2.43 bits per heavy atom. The summed E-state index contributed by atoms with van der Waals surface area (Å²) in [6.07, 6.45) is 0. The molecule has 74 valence electrons. The number of amidine groups is 1. The van der Waals surface area contributed by atoms with Crippen molar-refractivity contribution in [3.8, 4) is 5.75 Å². The molecule has 2 N–H and O–H groups in total. The van der Waals surface area contributed by atoms with Gasteiger partial charge in [0.15, 0.2) is 0 Å². The van der Waals surface area contributed by atoms with Crippen molar-refractivity contribution in [1.82, 2.24) is 0 Å². The highest BCUT2D eigenvalue weighted by Crippen LogP contribution is 2.35. The van der Waals surface area contributed by atoms with E-state index in [9.17, 15) is 0 Å². The third kappa shape index (κ3) is 1.85. The van der Waals surface area contributed by atoms with E-state index in [2.05, 4.69) is 4.99 Å². The van der Waals surface area contributed by atoms with E-state index < -0.39 is 0 Å². The highest BCUT2D eigenvalue weighted by Gasteiger charge is 2.10. The Morgan fingerprint density at radius 3 is 3.21 bits per heavy atom. The van der Waals surface area contributed by atoms with Gasteiger partial charge >= 0.3 is 0 Å². The molecule has 0 saturated heterocycles. The van der Waals surface area contributed by atoms with Crippen LogP contribution >= 0.6 is 11.8 Å². The van der Waals surface area contributed by atoms with E-state index in [0.717, 1.165) is 22.1 Å². The van der Waals surface area contributed by atoms with Crippen LogP contribution in [0.1, 0.15) is 6.92 Å². The number of fused-ring (bicyclic) bond motifs is 1. The zero-order chi connectivity index (χ0) is 9.97. The van der Waals surface area contributed by atoms with Crippen molar-refractivity contribution in [3.05, 3.63) is 18.2 Å². The number of hydrogen-bond acceptors (Lipinski definition) is 4. The van der Waals surface area contributed by atoms with Crippen LogP contribution in [-0.4, -0.2) is 18.2 Å². The summed E-state index contributed by atoms with van der Waals surface area (Å²) < 4.78 is 5.41. The molecule has 0 saturated carbocycles. The lowest BCUT2D eigenvalue weighted by molar-refractivity contribution is 0.339. The van der Waals surface area contributed by atoms with Crippen LogP contribution in [0.15, 0.2) is 28.1 Å². The molecule has 0 unspecified atom stereocenters. The van der Waals surface area contributed by atoms with Crippen LogP contribution in [0.25, 0.3) is 0 Å². The zero-order valence-electron chi connectivity index (χ0n) is 7.99. The van der Waals surface area contributed by atoms with Gasteiger partial charge in [-0.2, -0.15) is 0 Å². The van der Waals surface area contributed by atoms with Gasteiger partial charge in [-0.3, -0.25) is 0 Å². The first-order valence-corrected chi connectivity index (χ1v) is 5.51. The second kappa shape index (κ2) is 3.92. The molecule has 1 heterocycles. The molecule has 1 aliphatic heterocycles. The fraction of sp³-hybridized carbons (Fsp3) is 0.300. The number of nitrogens with two attached hydrogens (primary N) is 1. The average molecular weight is 208 g/mol. The van der Waals surface area contributed by atoms with Crippen LogP contribution in [0.4, 0.5) is 5.69 Å². The van der Waals surface area contributed by atoms with Crippen molar-refractivity contribution < 1.29 is 4.74 Å². The predicted molar refractivity (Wildman–Crippen MR) is 59.6 cm³/mol. The van der Waals surface area contributed by atoms with Gasteiger partial charge in [0.05, 0.1) is 18.0 Å². The van der Waals surface area contributed by atoms with E-state index in [1.807, 2.05) is 25.1 Å². The highest BCUT2D eigenvalue weighted by atomic mass is 32.2. The third-order valence-corrected chi connectivity index (χ3v) is 2.96. The number of thioether (sulfide) groups is 1. The second-order valence-corrected chi connectivity index (χ2v) is 3.97. The van der Waals surface area contributed by atoms with Crippen molar-refractivity contribution >= 4 is 23.3 Å². The topological polar surface area (TPSA) is 47.6 Å². The largest absolute Gasteiger partial charge is 0.494 e. The fourth-order valence-corrected chi connectivity index (χ4v) is 2.13. The van der Waals surface area contributed by atoms with Crippen LogP contribution in [0.5, 0.6) is 5.75 Å². The standard InChI is InChI=1S/C10H12N2OS/c1-2-13-7-3-4-8-9(5-7)14-6-10(11)12-8/h3-5H,2,6H2,1H3,(H2,11,12). The molecule has 1 aromatic carbocycles. The predicted octanol–water partition coefficient (Wildman–Crippen LogP) is 2.18. The van der Waals surface area contributed by atoms with E-state index in [1.54, 1.807) is 11.8 Å². The maximum absolute atomic E-state index is 5.64. The molecular weight excluding hydrogens is 196 g/mol. The Kier molecular flexibility index (Phi) is 2.63. The first kappa shape index (κ1) is 9.40. The van der Waals surface area contributed by atoms with Gasteiger partial charge < -0.3 is 10.5 Å². The van der Waals surface area contributed by atoms with Gasteiger partial charge in [0.2, 0.25) is 0 Å². The molecular formula is C10H12N2OS. The van der Waals surface area contributed by atoms with E-state index in [-0.39, 0.29) is 0 Å². The summed E-state index contributed by atoms with van der Waals surface area (Å²) >= 11 is 1.70. The molecule has 0 aliphatic carbocycles. The number of nitrogens with zero attached hydrogens (tertiary/aromatic N) is 1. The first-order chi connectivity index (χ1) is 6.79. The smallest absolute Gasteiger partial charge is 0.120 e. The summed E-state index contributed by atoms with van der Waals surface area (Å²) in [5.74, 6) is 2.35. The van der Waals surface area contributed by atoms with Crippen molar-refractivity contribution in [2.75, 3.05) is 12.4 Å². The van der Waals surface area contributed by atoms with Crippen molar-refractivity contribution in [2.45, 2.75) is 11.8 Å². The highest BCUT2D eigenvalue weighted by molar-refractivity contribution is 8.00. The molecule has 0 fully saturated rings. The third-order valence-electron chi connectivity index (χ3n) is 1.88. The van der Waals surface area contributed by atoms with Crippen molar-refractivity contribution in [1.29, 1.82) is 0 Å². The van der Waals surface area contributed by atoms with E-state index >= 15 is 0 Å². The summed E-state index contributed by atoms with van der Waals surface area (Å²) in [6, 6.07) is 5.88. The van der Waals surface area contributed by atoms with Crippen molar-refractivity contribution in [3.63, 3.8) is 0 Å². The number of hydrogen-bond donors (Lipinski definition) is 1. The van der Waals surface area contributed by atoms with E-state index in [1.165, 1.54) is 0 Å². The molecule has 1 aromatic rings. The van der Waals surface area contributed by atoms with Crippen LogP contribution in [0.3, 0.4) is 0 Å². The number of benzene rings is 1. The quantitative estimate of drug-likeness (QED) is 0.810. The number of ether oxygens (including phenoxy) is 1. The zero-order valence-corrected chi connectivity index (χ0v) is 8.80. The number of aliphatic imine (C=N–C) groups is 1. The Labute approximate surface area is 87.4 Å². The van der Waals surface area contributed by atoms with Crippen molar-refractivity contribution in [2.24, 2.45) is 10.7 Å². The average Bonchev–Trinajstić information content (AvgIpc) is 2.19. The Balaban J connectivity index is 2.32. The lowest BCUT2D eigenvalue weighted by Gasteiger charge is -2.13. The second-order valence-electron chi connectivity index (χ2n) is 2.95. The summed E-state index contributed by atoms with van der Waals surface area (Å²) in [5, 5.41) is 0. The van der Waals surface area contributed by atoms with Gasteiger partial charge in [0.25, 0.3) is 0 Å². The molecule has 4 heteroatoms. The molecule has 3 nitrogen and oxygen atoms in total. The minimum atomic E-state index is 0.687. The lowest BCUT2D eigenvalue weighted by atomic mass is 10.3. The van der Waals surface area contributed by atoms with Gasteiger partial charge in [-0.15, -0.1) is 11.8 Å². The first-order valence-electron chi connectivity index (χ1n) is 4.52. The molecule has 0 aromatic heterocycles. The van der Waals surface area contributed by atoms with Crippen LogP contribution in [0, 0.1) is 0 Å². The van der Waals surface area contributed by atoms with Gasteiger partial charge in [-0.05, 0) is 25.1 Å². The molecule has 1 aliphatic rings. The van der Waals surface area contributed by atoms with E-state index in [0.29, 0.717) is 12.4 Å². The summed E-state index contributed by atoms with van der Waals surface area (Å²) in [6.45, 7) is 2.66. The monoisotopic (exact) mass is 208 g/mol. The molecule has 0 radical (unpaired) electrons.